The summed E-state index contributed by atoms with van der Waals surface area (Å²) in [6.07, 6.45) is 5.14. The fraction of sp³-hybridized carbons (Fsp3) is 0.765. The summed E-state index contributed by atoms with van der Waals surface area (Å²) in [7, 11) is 0. The van der Waals surface area contributed by atoms with Crippen LogP contribution in [-0.2, 0) is 0 Å². The Bertz CT molecular complexity index is 290. The van der Waals surface area contributed by atoms with E-state index in [0.717, 1.165) is 0 Å². The first kappa shape index (κ1) is 14.5. The molecule has 0 aromatic heterocycles. The molecule has 0 aliphatic heterocycles. The number of hydrogen-bond acceptors (Lipinski definition) is 0. The first-order valence-corrected chi connectivity index (χ1v) is 7.18. The van der Waals surface area contributed by atoms with Gasteiger partial charge in [-0.25, -0.2) is 0 Å². The molecule has 0 bridgehead atoms. The molecule has 0 saturated carbocycles. The lowest BCUT2D eigenvalue weighted by Crippen LogP contribution is -2.27. The molecule has 0 aromatic rings. The highest BCUT2D eigenvalue weighted by atomic mass is 14.4. The summed E-state index contributed by atoms with van der Waals surface area (Å²) >= 11 is 0. The van der Waals surface area contributed by atoms with Crippen LogP contribution in [0.3, 0.4) is 0 Å². The van der Waals surface area contributed by atoms with E-state index in [0.29, 0.717) is 23.7 Å². The van der Waals surface area contributed by atoms with Crippen molar-refractivity contribution in [3.63, 3.8) is 0 Å². The standard InChI is InChI=1S/C17H30/c1-11(2)15-9-17(13(5)6,14(7)8)10-16(15)12(3)4/h9-14H,1-8H3. The van der Waals surface area contributed by atoms with E-state index < -0.39 is 0 Å². The van der Waals surface area contributed by atoms with Crippen molar-refractivity contribution in [2.24, 2.45) is 29.1 Å². The van der Waals surface area contributed by atoms with Crippen LogP contribution in [0, 0.1) is 29.1 Å². The molecule has 17 heavy (non-hydrogen) atoms. The first-order chi connectivity index (χ1) is 7.72. The molecule has 98 valence electrons. The van der Waals surface area contributed by atoms with Gasteiger partial charge in [0.1, 0.15) is 0 Å². The number of hydrogen-bond donors (Lipinski definition) is 0. The first-order valence-electron chi connectivity index (χ1n) is 7.18. The van der Waals surface area contributed by atoms with Crippen LogP contribution in [-0.4, -0.2) is 0 Å². The fourth-order valence-corrected chi connectivity index (χ4v) is 3.08. The summed E-state index contributed by atoms with van der Waals surface area (Å²) in [5.74, 6) is 2.63. The van der Waals surface area contributed by atoms with Gasteiger partial charge in [0.2, 0.25) is 0 Å². The van der Waals surface area contributed by atoms with Crippen molar-refractivity contribution in [1.29, 1.82) is 0 Å². The smallest absolute Gasteiger partial charge is 0.0119 e. The van der Waals surface area contributed by atoms with E-state index in [9.17, 15) is 0 Å². The molecule has 0 N–H and O–H groups in total. The summed E-state index contributed by atoms with van der Waals surface area (Å²) < 4.78 is 0. The quantitative estimate of drug-likeness (QED) is 0.605. The zero-order valence-electron chi connectivity index (χ0n) is 13.0. The van der Waals surface area contributed by atoms with Crippen LogP contribution in [0.25, 0.3) is 0 Å². The molecule has 0 fully saturated rings. The molecular weight excluding hydrogens is 204 g/mol. The van der Waals surface area contributed by atoms with Crippen LogP contribution in [0.15, 0.2) is 23.3 Å². The zero-order valence-corrected chi connectivity index (χ0v) is 13.0. The normalized spacial score (nSPS) is 19.5. The van der Waals surface area contributed by atoms with Crippen molar-refractivity contribution in [1.82, 2.24) is 0 Å². The lowest BCUT2D eigenvalue weighted by atomic mass is 9.70. The highest BCUT2D eigenvalue weighted by Gasteiger charge is 2.38. The number of allylic oxidation sites excluding steroid dienone is 4. The topological polar surface area (TPSA) is 0 Å². The van der Waals surface area contributed by atoms with E-state index in [-0.39, 0.29) is 5.41 Å². The molecular formula is C17H30. The minimum atomic E-state index is 0.277. The molecule has 0 unspecified atom stereocenters. The Morgan fingerprint density at radius 2 is 0.941 bits per heavy atom. The Hall–Kier alpha value is -0.520. The lowest BCUT2D eigenvalue weighted by Gasteiger charge is -2.34. The highest BCUT2D eigenvalue weighted by molar-refractivity contribution is 5.45. The van der Waals surface area contributed by atoms with Crippen molar-refractivity contribution in [3.8, 4) is 0 Å². The summed E-state index contributed by atoms with van der Waals surface area (Å²) in [5.41, 5.74) is 3.45. The van der Waals surface area contributed by atoms with Gasteiger partial charge in [-0.05, 0) is 34.8 Å². The SMILES string of the molecule is CC(C)C1=CC(C(C)C)(C(C)C)C=C1C(C)C. The van der Waals surface area contributed by atoms with Gasteiger partial charge in [0, 0.05) is 5.41 Å². The van der Waals surface area contributed by atoms with Gasteiger partial charge < -0.3 is 0 Å². The molecule has 1 aliphatic carbocycles. The predicted octanol–water partition coefficient (Wildman–Crippen LogP) is 5.46. The van der Waals surface area contributed by atoms with E-state index in [1.165, 1.54) is 0 Å². The van der Waals surface area contributed by atoms with Gasteiger partial charge in [-0.3, -0.25) is 0 Å². The largest absolute Gasteiger partial charge is 0.0703 e. The van der Waals surface area contributed by atoms with Crippen LogP contribution in [0.1, 0.15) is 55.4 Å². The molecule has 0 nitrogen and oxygen atoms in total. The second kappa shape index (κ2) is 5.00. The maximum absolute atomic E-state index is 2.57. The molecule has 1 aliphatic rings. The second-order valence-corrected chi connectivity index (χ2v) is 6.82. The van der Waals surface area contributed by atoms with Gasteiger partial charge in [0.25, 0.3) is 0 Å². The lowest BCUT2D eigenvalue weighted by molar-refractivity contribution is 0.251. The van der Waals surface area contributed by atoms with Crippen molar-refractivity contribution in [3.05, 3.63) is 23.3 Å². The minimum absolute atomic E-state index is 0.277. The molecule has 0 spiro atoms. The molecule has 0 atom stereocenters. The van der Waals surface area contributed by atoms with Crippen molar-refractivity contribution in [2.45, 2.75) is 55.4 Å². The van der Waals surface area contributed by atoms with Crippen molar-refractivity contribution < 1.29 is 0 Å². The maximum atomic E-state index is 2.57. The Morgan fingerprint density at radius 3 is 1.12 bits per heavy atom. The fourth-order valence-electron chi connectivity index (χ4n) is 3.08. The van der Waals surface area contributed by atoms with Crippen molar-refractivity contribution in [2.75, 3.05) is 0 Å². The van der Waals surface area contributed by atoms with Gasteiger partial charge in [-0.15, -0.1) is 0 Å². The maximum Gasteiger partial charge on any atom is 0.0119 e. The third kappa shape index (κ3) is 2.51. The van der Waals surface area contributed by atoms with Gasteiger partial charge in [-0.2, -0.15) is 0 Å². The van der Waals surface area contributed by atoms with Crippen LogP contribution >= 0.6 is 0 Å². The Kier molecular flexibility index (Phi) is 4.28. The molecule has 0 amide bonds. The third-order valence-electron chi connectivity index (χ3n) is 4.39. The molecule has 0 radical (unpaired) electrons. The summed E-state index contributed by atoms with van der Waals surface area (Å²) in [5, 5.41) is 0. The van der Waals surface area contributed by atoms with Gasteiger partial charge in [-0.1, -0.05) is 67.5 Å². The monoisotopic (exact) mass is 234 g/mol. The average molecular weight is 234 g/mol. The summed E-state index contributed by atoms with van der Waals surface area (Å²) in [6.45, 7) is 18.7. The Morgan fingerprint density at radius 1 is 0.647 bits per heavy atom. The summed E-state index contributed by atoms with van der Waals surface area (Å²) in [4.78, 5) is 0. The number of rotatable bonds is 4. The Balaban J connectivity index is 3.30. The average Bonchev–Trinajstić information content (AvgIpc) is 2.58. The zero-order chi connectivity index (χ0) is 13.4. The Labute approximate surface area is 108 Å². The van der Waals surface area contributed by atoms with Crippen LogP contribution < -0.4 is 0 Å². The molecule has 1 rings (SSSR count). The van der Waals surface area contributed by atoms with Crippen LogP contribution in [0.2, 0.25) is 0 Å². The molecule has 0 saturated heterocycles. The van der Waals surface area contributed by atoms with Crippen LogP contribution in [0.4, 0.5) is 0 Å². The van der Waals surface area contributed by atoms with E-state index in [1.807, 2.05) is 0 Å². The molecule has 0 aromatic carbocycles. The summed E-state index contributed by atoms with van der Waals surface area (Å²) in [6, 6.07) is 0. The molecule has 0 heteroatoms. The van der Waals surface area contributed by atoms with E-state index in [1.54, 1.807) is 11.1 Å². The van der Waals surface area contributed by atoms with Gasteiger partial charge in [0.15, 0.2) is 0 Å². The van der Waals surface area contributed by atoms with Crippen molar-refractivity contribution >= 4 is 0 Å². The molecule has 0 heterocycles. The highest BCUT2D eigenvalue weighted by Crippen LogP contribution is 2.49. The van der Waals surface area contributed by atoms with E-state index in [4.69, 9.17) is 0 Å². The second-order valence-electron chi connectivity index (χ2n) is 6.82. The van der Waals surface area contributed by atoms with Crippen LogP contribution in [0.5, 0.6) is 0 Å². The van der Waals surface area contributed by atoms with Gasteiger partial charge in [0.05, 0.1) is 0 Å². The predicted molar refractivity (Wildman–Crippen MR) is 78.0 cm³/mol. The van der Waals surface area contributed by atoms with Gasteiger partial charge >= 0.3 is 0 Å². The van der Waals surface area contributed by atoms with E-state index >= 15 is 0 Å². The third-order valence-corrected chi connectivity index (χ3v) is 4.39. The van der Waals surface area contributed by atoms with E-state index in [2.05, 4.69) is 67.5 Å². The minimum Gasteiger partial charge on any atom is -0.0703 e.